The minimum absolute atomic E-state index is 0.141. The first-order chi connectivity index (χ1) is 8.24. The number of hydrogen-bond acceptors (Lipinski definition) is 3. The van der Waals surface area contributed by atoms with Crippen LogP contribution in [0.1, 0.15) is 6.42 Å². The van der Waals surface area contributed by atoms with Gasteiger partial charge in [-0.25, -0.2) is 4.79 Å². The van der Waals surface area contributed by atoms with E-state index in [9.17, 15) is 9.90 Å². The van der Waals surface area contributed by atoms with Crippen molar-refractivity contribution >= 4 is 11.7 Å². The molecule has 0 bridgehead atoms. The van der Waals surface area contributed by atoms with Crippen molar-refractivity contribution in [2.75, 3.05) is 25.0 Å². The number of nitrogens with one attached hydrogen (secondary N) is 3. The maximum atomic E-state index is 11.6. The molecule has 17 heavy (non-hydrogen) atoms. The normalized spacial score (nSPS) is 18.9. The summed E-state index contributed by atoms with van der Waals surface area (Å²) < 4.78 is 0. The van der Waals surface area contributed by atoms with Crippen molar-refractivity contribution in [2.45, 2.75) is 6.42 Å². The number of carbonyl (C=O) groups is 1. The lowest BCUT2D eigenvalue weighted by Gasteiger charge is -2.11. The van der Waals surface area contributed by atoms with E-state index in [-0.39, 0.29) is 11.8 Å². The Morgan fingerprint density at radius 2 is 2.41 bits per heavy atom. The fraction of sp³-hybridized carbons (Fsp3) is 0.417. The molecular weight excluding hydrogens is 218 g/mol. The van der Waals surface area contributed by atoms with Gasteiger partial charge in [-0.3, -0.25) is 0 Å². The highest BCUT2D eigenvalue weighted by Gasteiger charge is 2.14. The maximum absolute atomic E-state index is 11.6. The number of hydrogen-bond donors (Lipinski definition) is 4. The molecule has 0 radical (unpaired) electrons. The molecule has 1 aromatic rings. The highest BCUT2D eigenvalue weighted by atomic mass is 16.3. The van der Waals surface area contributed by atoms with Gasteiger partial charge < -0.3 is 21.1 Å². The van der Waals surface area contributed by atoms with Crippen LogP contribution in [0.25, 0.3) is 0 Å². The molecule has 4 N–H and O–H groups in total. The summed E-state index contributed by atoms with van der Waals surface area (Å²) in [5.74, 6) is 0.660. The quantitative estimate of drug-likeness (QED) is 0.634. The van der Waals surface area contributed by atoms with E-state index < -0.39 is 0 Å². The second-order valence-corrected chi connectivity index (χ2v) is 4.24. The number of amides is 2. The van der Waals surface area contributed by atoms with Gasteiger partial charge in [-0.1, -0.05) is 6.07 Å². The van der Waals surface area contributed by atoms with Crippen LogP contribution in [0.2, 0.25) is 0 Å². The van der Waals surface area contributed by atoms with E-state index in [2.05, 4.69) is 16.0 Å². The molecule has 1 aliphatic heterocycles. The summed E-state index contributed by atoms with van der Waals surface area (Å²) in [6.07, 6.45) is 1.10. The molecule has 1 atom stereocenters. The lowest BCUT2D eigenvalue weighted by atomic mass is 10.1. The molecule has 0 aliphatic carbocycles. The molecule has 5 heteroatoms. The summed E-state index contributed by atoms with van der Waals surface area (Å²) >= 11 is 0. The second kappa shape index (κ2) is 5.54. The number of phenolic OH excluding ortho intramolecular Hbond substituents is 1. The average molecular weight is 235 g/mol. The van der Waals surface area contributed by atoms with Crippen molar-refractivity contribution in [3.63, 3.8) is 0 Å². The van der Waals surface area contributed by atoms with Crippen LogP contribution in [-0.2, 0) is 0 Å². The van der Waals surface area contributed by atoms with Gasteiger partial charge in [-0.15, -0.1) is 0 Å². The van der Waals surface area contributed by atoms with E-state index in [4.69, 9.17) is 0 Å². The monoisotopic (exact) mass is 235 g/mol. The number of urea groups is 1. The zero-order chi connectivity index (χ0) is 12.1. The molecule has 0 spiro atoms. The van der Waals surface area contributed by atoms with Crippen LogP contribution in [-0.4, -0.2) is 30.8 Å². The number of phenols is 1. The van der Waals surface area contributed by atoms with Crippen molar-refractivity contribution in [2.24, 2.45) is 5.92 Å². The van der Waals surface area contributed by atoms with Crippen LogP contribution in [0, 0.1) is 5.92 Å². The van der Waals surface area contributed by atoms with Crippen LogP contribution in [0.5, 0.6) is 5.75 Å². The number of aromatic hydroxyl groups is 1. The van der Waals surface area contributed by atoms with Gasteiger partial charge in [0.25, 0.3) is 0 Å². The van der Waals surface area contributed by atoms with Crippen LogP contribution in [0.3, 0.4) is 0 Å². The van der Waals surface area contributed by atoms with E-state index in [1.807, 2.05) is 0 Å². The van der Waals surface area contributed by atoms with Crippen molar-refractivity contribution in [3.05, 3.63) is 24.3 Å². The summed E-state index contributed by atoms with van der Waals surface area (Å²) in [5.41, 5.74) is 0.590. The van der Waals surface area contributed by atoms with Crippen molar-refractivity contribution in [1.82, 2.24) is 10.6 Å². The molecule has 1 heterocycles. The topological polar surface area (TPSA) is 73.4 Å². The van der Waals surface area contributed by atoms with Crippen LogP contribution >= 0.6 is 0 Å². The fourth-order valence-corrected chi connectivity index (χ4v) is 1.88. The zero-order valence-corrected chi connectivity index (χ0v) is 9.57. The predicted octanol–water partition coefficient (Wildman–Crippen LogP) is 1.12. The standard InChI is InChI=1S/C12H17N3O2/c16-11-3-1-2-10(6-11)15-12(17)14-8-9-4-5-13-7-9/h1-3,6,9,13,16H,4-5,7-8H2,(H2,14,15,17). The van der Waals surface area contributed by atoms with E-state index in [1.54, 1.807) is 18.2 Å². The smallest absolute Gasteiger partial charge is 0.319 e. The fourth-order valence-electron chi connectivity index (χ4n) is 1.88. The van der Waals surface area contributed by atoms with Gasteiger partial charge in [0, 0.05) is 18.3 Å². The minimum atomic E-state index is -0.234. The third-order valence-electron chi connectivity index (χ3n) is 2.82. The average Bonchev–Trinajstić information content (AvgIpc) is 2.79. The Balaban J connectivity index is 1.76. The van der Waals surface area contributed by atoms with Gasteiger partial charge in [0.05, 0.1) is 0 Å². The molecule has 92 valence electrons. The van der Waals surface area contributed by atoms with Gasteiger partial charge in [0.2, 0.25) is 0 Å². The largest absolute Gasteiger partial charge is 0.508 e. The zero-order valence-electron chi connectivity index (χ0n) is 9.57. The molecule has 2 amide bonds. The minimum Gasteiger partial charge on any atom is -0.508 e. The molecule has 1 aromatic carbocycles. The molecule has 1 aliphatic rings. The Morgan fingerprint density at radius 1 is 1.53 bits per heavy atom. The Hall–Kier alpha value is -1.75. The van der Waals surface area contributed by atoms with Gasteiger partial charge in [-0.05, 0) is 37.6 Å². The van der Waals surface area contributed by atoms with Gasteiger partial charge in [0.1, 0.15) is 5.75 Å². The maximum Gasteiger partial charge on any atom is 0.319 e. The first kappa shape index (κ1) is 11.7. The molecule has 1 unspecified atom stereocenters. The van der Waals surface area contributed by atoms with E-state index in [0.29, 0.717) is 18.2 Å². The first-order valence-corrected chi connectivity index (χ1v) is 5.78. The predicted molar refractivity (Wildman–Crippen MR) is 66.1 cm³/mol. The third kappa shape index (κ3) is 3.64. The third-order valence-corrected chi connectivity index (χ3v) is 2.82. The van der Waals surface area contributed by atoms with E-state index in [1.165, 1.54) is 6.07 Å². The lowest BCUT2D eigenvalue weighted by molar-refractivity contribution is 0.250. The first-order valence-electron chi connectivity index (χ1n) is 5.78. The summed E-state index contributed by atoms with van der Waals surface area (Å²) in [6.45, 7) is 2.67. The molecule has 0 saturated carbocycles. The van der Waals surface area contributed by atoms with Gasteiger partial charge in [0.15, 0.2) is 0 Å². The summed E-state index contributed by atoms with van der Waals surface area (Å²) in [5, 5.41) is 18.0. The summed E-state index contributed by atoms with van der Waals surface area (Å²) in [6, 6.07) is 6.26. The number of carbonyl (C=O) groups excluding carboxylic acids is 1. The van der Waals surface area contributed by atoms with Crippen LogP contribution in [0.4, 0.5) is 10.5 Å². The number of benzene rings is 1. The Kier molecular flexibility index (Phi) is 3.82. The Bertz CT molecular complexity index is 389. The lowest BCUT2D eigenvalue weighted by Crippen LogP contribution is -2.33. The highest BCUT2D eigenvalue weighted by molar-refractivity contribution is 5.89. The summed E-state index contributed by atoms with van der Waals surface area (Å²) in [4.78, 5) is 11.6. The summed E-state index contributed by atoms with van der Waals surface area (Å²) in [7, 11) is 0. The second-order valence-electron chi connectivity index (χ2n) is 4.24. The van der Waals surface area contributed by atoms with Crippen molar-refractivity contribution in [3.8, 4) is 5.75 Å². The molecule has 5 nitrogen and oxygen atoms in total. The van der Waals surface area contributed by atoms with Gasteiger partial charge >= 0.3 is 6.03 Å². The highest BCUT2D eigenvalue weighted by Crippen LogP contribution is 2.15. The molecular formula is C12H17N3O2. The van der Waals surface area contributed by atoms with E-state index >= 15 is 0 Å². The van der Waals surface area contributed by atoms with E-state index in [0.717, 1.165) is 19.5 Å². The SMILES string of the molecule is O=C(NCC1CCNC1)Nc1cccc(O)c1. The Labute approximate surface area is 100 Å². The number of rotatable bonds is 3. The molecule has 0 aromatic heterocycles. The van der Waals surface area contributed by atoms with Gasteiger partial charge in [-0.2, -0.15) is 0 Å². The number of anilines is 1. The molecule has 2 rings (SSSR count). The van der Waals surface area contributed by atoms with Crippen LogP contribution in [0.15, 0.2) is 24.3 Å². The molecule has 1 saturated heterocycles. The Morgan fingerprint density at radius 3 is 3.12 bits per heavy atom. The van der Waals surface area contributed by atoms with Crippen LogP contribution < -0.4 is 16.0 Å². The van der Waals surface area contributed by atoms with Crippen molar-refractivity contribution in [1.29, 1.82) is 0 Å². The molecule has 1 fully saturated rings. The van der Waals surface area contributed by atoms with Crippen molar-refractivity contribution < 1.29 is 9.90 Å².